The summed E-state index contributed by atoms with van der Waals surface area (Å²) in [6.45, 7) is 5.05. The van der Waals surface area contributed by atoms with Crippen LogP contribution in [0, 0.1) is 11.3 Å². The first kappa shape index (κ1) is 14.4. The Hall–Kier alpha value is -1.06. The molecule has 4 nitrogen and oxygen atoms in total. The van der Waals surface area contributed by atoms with E-state index >= 15 is 0 Å². The lowest BCUT2D eigenvalue weighted by molar-refractivity contribution is -0.154. The minimum atomic E-state index is -0.781. The number of rotatable bonds is 3. The van der Waals surface area contributed by atoms with Gasteiger partial charge in [0.15, 0.2) is 0 Å². The smallest absolute Gasteiger partial charge is 0.310 e. The Bertz CT molecular complexity index is 360. The molecular weight excluding hydrogens is 242 g/mol. The van der Waals surface area contributed by atoms with Crippen molar-refractivity contribution < 1.29 is 14.7 Å². The van der Waals surface area contributed by atoms with E-state index in [-0.39, 0.29) is 18.4 Å². The van der Waals surface area contributed by atoms with Gasteiger partial charge in [-0.25, -0.2) is 0 Å². The van der Waals surface area contributed by atoms with Crippen LogP contribution < -0.4 is 0 Å². The summed E-state index contributed by atoms with van der Waals surface area (Å²) in [7, 11) is 0. The van der Waals surface area contributed by atoms with Crippen molar-refractivity contribution in [2.24, 2.45) is 11.3 Å². The normalized spacial score (nSPS) is 30.3. The third kappa shape index (κ3) is 2.77. The summed E-state index contributed by atoms with van der Waals surface area (Å²) in [6.07, 6.45) is 5.58. The van der Waals surface area contributed by atoms with E-state index in [4.69, 9.17) is 0 Å². The van der Waals surface area contributed by atoms with E-state index in [0.717, 1.165) is 32.2 Å². The minimum Gasteiger partial charge on any atom is -0.481 e. The van der Waals surface area contributed by atoms with Crippen LogP contribution in [0.15, 0.2) is 0 Å². The summed E-state index contributed by atoms with van der Waals surface area (Å²) in [5.41, 5.74) is -0.780. The number of nitrogens with zero attached hydrogens (tertiary/aromatic N) is 1. The average Bonchev–Trinajstić information content (AvgIpc) is 2.82. The van der Waals surface area contributed by atoms with Crippen molar-refractivity contribution in [1.82, 2.24) is 4.90 Å². The zero-order valence-corrected chi connectivity index (χ0v) is 12.0. The highest BCUT2D eigenvalue weighted by molar-refractivity contribution is 5.85. The molecule has 0 radical (unpaired) electrons. The van der Waals surface area contributed by atoms with Crippen molar-refractivity contribution in [3.05, 3.63) is 0 Å². The van der Waals surface area contributed by atoms with Crippen LogP contribution in [0.3, 0.4) is 0 Å². The molecule has 19 heavy (non-hydrogen) atoms. The quantitative estimate of drug-likeness (QED) is 0.855. The number of hydrogen-bond acceptors (Lipinski definition) is 2. The molecule has 2 unspecified atom stereocenters. The second kappa shape index (κ2) is 5.51. The predicted molar refractivity (Wildman–Crippen MR) is 72.7 cm³/mol. The van der Waals surface area contributed by atoms with Crippen LogP contribution in [0.1, 0.15) is 58.8 Å². The van der Waals surface area contributed by atoms with Crippen LogP contribution in [-0.4, -0.2) is 34.5 Å². The highest BCUT2D eigenvalue weighted by Gasteiger charge is 2.44. The van der Waals surface area contributed by atoms with Crippen molar-refractivity contribution in [3.63, 3.8) is 0 Å². The molecule has 108 valence electrons. The number of carboxylic acid groups (broad SMARTS) is 1. The molecule has 1 aliphatic heterocycles. The van der Waals surface area contributed by atoms with E-state index < -0.39 is 11.4 Å². The number of piperidine rings is 1. The van der Waals surface area contributed by atoms with Crippen LogP contribution in [-0.2, 0) is 9.59 Å². The van der Waals surface area contributed by atoms with Crippen LogP contribution in [0.5, 0.6) is 0 Å². The molecule has 0 aromatic carbocycles. The van der Waals surface area contributed by atoms with Gasteiger partial charge in [-0.1, -0.05) is 19.8 Å². The van der Waals surface area contributed by atoms with Crippen LogP contribution >= 0.6 is 0 Å². The van der Waals surface area contributed by atoms with Crippen molar-refractivity contribution in [1.29, 1.82) is 0 Å². The van der Waals surface area contributed by atoms with Gasteiger partial charge in [0.2, 0.25) is 5.91 Å². The maximum absolute atomic E-state index is 12.5. The average molecular weight is 267 g/mol. The number of likely N-dealkylation sites (tertiary alicyclic amines) is 1. The number of hydrogen-bond donors (Lipinski definition) is 1. The van der Waals surface area contributed by atoms with Crippen LogP contribution in [0.2, 0.25) is 0 Å². The zero-order valence-electron chi connectivity index (χ0n) is 12.0. The number of carbonyl (C=O) groups is 2. The molecule has 1 aliphatic carbocycles. The van der Waals surface area contributed by atoms with Gasteiger partial charge in [0.05, 0.1) is 5.41 Å². The maximum Gasteiger partial charge on any atom is 0.310 e. The van der Waals surface area contributed by atoms with Crippen molar-refractivity contribution in [2.45, 2.75) is 64.8 Å². The third-order valence-electron chi connectivity index (χ3n) is 5.20. The summed E-state index contributed by atoms with van der Waals surface area (Å²) in [6, 6.07) is 0.244. The Labute approximate surface area is 115 Å². The fourth-order valence-electron chi connectivity index (χ4n) is 3.60. The number of carbonyl (C=O) groups excluding carboxylic acids is 1. The molecule has 0 spiro atoms. The first-order chi connectivity index (χ1) is 8.96. The molecule has 1 saturated heterocycles. The number of amides is 1. The number of carboxylic acids is 1. The van der Waals surface area contributed by atoms with E-state index in [1.54, 1.807) is 0 Å². The fourth-order valence-corrected chi connectivity index (χ4v) is 3.60. The first-order valence-corrected chi connectivity index (χ1v) is 7.49. The van der Waals surface area contributed by atoms with Gasteiger partial charge in [-0.05, 0) is 38.5 Å². The Morgan fingerprint density at radius 3 is 2.42 bits per heavy atom. The molecule has 4 heteroatoms. The molecule has 2 atom stereocenters. The SMILES string of the molecule is CC1CCCN(C(=O)CC2(C(=O)O)CCCC2)C1C. The molecule has 0 aromatic rings. The Morgan fingerprint density at radius 1 is 1.21 bits per heavy atom. The van der Waals surface area contributed by atoms with Gasteiger partial charge in [0, 0.05) is 19.0 Å². The minimum absolute atomic E-state index is 0.0448. The van der Waals surface area contributed by atoms with Gasteiger partial charge >= 0.3 is 5.97 Å². The monoisotopic (exact) mass is 267 g/mol. The van der Waals surface area contributed by atoms with Gasteiger partial charge in [-0.3, -0.25) is 9.59 Å². The molecular formula is C15H25NO3. The second-order valence-electron chi connectivity index (χ2n) is 6.42. The molecule has 1 saturated carbocycles. The Kier molecular flexibility index (Phi) is 4.16. The largest absolute Gasteiger partial charge is 0.481 e. The van der Waals surface area contributed by atoms with E-state index in [0.29, 0.717) is 18.8 Å². The predicted octanol–water partition coefficient (Wildman–Crippen LogP) is 2.67. The molecule has 2 aliphatic rings. The second-order valence-corrected chi connectivity index (χ2v) is 6.42. The summed E-state index contributed by atoms with van der Waals surface area (Å²) < 4.78 is 0. The van der Waals surface area contributed by atoms with E-state index in [2.05, 4.69) is 13.8 Å². The van der Waals surface area contributed by atoms with Gasteiger partial charge in [-0.15, -0.1) is 0 Å². The summed E-state index contributed by atoms with van der Waals surface area (Å²) >= 11 is 0. The lowest BCUT2D eigenvalue weighted by Gasteiger charge is -2.39. The van der Waals surface area contributed by atoms with Gasteiger partial charge in [-0.2, -0.15) is 0 Å². The third-order valence-corrected chi connectivity index (χ3v) is 5.20. The molecule has 0 aromatic heterocycles. The molecule has 0 bridgehead atoms. The highest BCUT2D eigenvalue weighted by Crippen LogP contribution is 2.42. The molecule has 2 fully saturated rings. The molecule has 2 rings (SSSR count). The van der Waals surface area contributed by atoms with E-state index in [1.807, 2.05) is 4.90 Å². The summed E-state index contributed by atoms with van der Waals surface area (Å²) in [5, 5.41) is 9.46. The van der Waals surface area contributed by atoms with Crippen molar-refractivity contribution in [3.8, 4) is 0 Å². The van der Waals surface area contributed by atoms with Crippen LogP contribution in [0.25, 0.3) is 0 Å². The number of aliphatic carboxylic acids is 1. The van der Waals surface area contributed by atoms with Crippen molar-refractivity contribution >= 4 is 11.9 Å². The summed E-state index contributed by atoms with van der Waals surface area (Å²) in [4.78, 5) is 25.9. The lowest BCUT2D eigenvalue weighted by atomic mass is 9.81. The summed E-state index contributed by atoms with van der Waals surface area (Å²) in [5.74, 6) is -0.221. The maximum atomic E-state index is 12.5. The molecule has 1 N–H and O–H groups in total. The van der Waals surface area contributed by atoms with Gasteiger partial charge in [0.25, 0.3) is 0 Å². The Morgan fingerprint density at radius 2 is 1.84 bits per heavy atom. The van der Waals surface area contributed by atoms with Gasteiger partial charge in [0.1, 0.15) is 0 Å². The van der Waals surface area contributed by atoms with Gasteiger partial charge < -0.3 is 10.0 Å². The molecule has 1 amide bonds. The van der Waals surface area contributed by atoms with Crippen molar-refractivity contribution in [2.75, 3.05) is 6.54 Å². The standard InChI is InChI=1S/C15H25NO3/c1-11-6-5-9-16(12(11)2)13(17)10-15(14(18)19)7-3-4-8-15/h11-12H,3-10H2,1-2H3,(H,18,19). The van der Waals surface area contributed by atoms with Crippen LogP contribution in [0.4, 0.5) is 0 Å². The zero-order chi connectivity index (χ0) is 14.0. The molecule has 1 heterocycles. The van der Waals surface area contributed by atoms with E-state index in [1.165, 1.54) is 0 Å². The lowest BCUT2D eigenvalue weighted by Crippen LogP contribution is -2.48. The Balaban J connectivity index is 2.05. The first-order valence-electron chi connectivity index (χ1n) is 7.49. The highest BCUT2D eigenvalue weighted by atomic mass is 16.4. The fraction of sp³-hybridized carbons (Fsp3) is 0.867. The van der Waals surface area contributed by atoms with E-state index in [9.17, 15) is 14.7 Å². The topological polar surface area (TPSA) is 57.6 Å².